The third-order valence-electron chi connectivity index (χ3n) is 2.04. The molecule has 1 aromatic rings. The summed E-state index contributed by atoms with van der Waals surface area (Å²) >= 11 is 0. The molecule has 0 aliphatic carbocycles. The number of ether oxygens (including phenoxy) is 1. The molecular weight excluding hydrogens is 220 g/mol. The van der Waals surface area contributed by atoms with E-state index in [1.54, 1.807) is 6.92 Å². The summed E-state index contributed by atoms with van der Waals surface area (Å²) in [6.45, 7) is 3.16. The van der Waals surface area contributed by atoms with Gasteiger partial charge >= 0.3 is 0 Å². The lowest BCUT2D eigenvalue weighted by Crippen LogP contribution is -2.04. The Labute approximate surface area is 91.0 Å². The summed E-state index contributed by atoms with van der Waals surface area (Å²) in [6.07, 6.45) is 0.592. The number of hydrogen-bond acceptors (Lipinski definition) is 3. The smallest absolute Gasteiger partial charge is 0.278 e. The third-order valence-corrected chi connectivity index (χ3v) is 2.04. The van der Waals surface area contributed by atoms with Crippen LogP contribution >= 0.6 is 0 Å². The Kier molecular flexibility index (Phi) is 3.76. The van der Waals surface area contributed by atoms with Gasteiger partial charge in [-0.05, 0) is 13.3 Å². The molecule has 0 spiro atoms. The first kappa shape index (κ1) is 12.4. The summed E-state index contributed by atoms with van der Waals surface area (Å²) < 4.78 is 31.7. The lowest BCUT2D eigenvalue weighted by molar-refractivity contribution is -0.385. The van der Waals surface area contributed by atoms with E-state index in [1.807, 2.05) is 0 Å². The van der Waals surface area contributed by atoms with Crippen LogP contribution in [0.3, 0.4) is 0 Å². The average Bonchev–Trinajstić information content (AvgIpc) is 2.23. The molecule has 0 amide bonds. The van der Waals surface area contributed by atoms with Gasteiger partial charge in [0.25, 0.3) is 5.69 Å². The summed E-state index contributed by atoms with van der Waals surface area (Å²) in [5, 5.41) is 10.5. The minimum atomic E-state index is -1.05. The molecule has 88 valence electrons. The van der Waals surface area contributed by atoms with Crippen LogP contribution < -0.4 is 4.74 Å². The second-order valence-electron chi connectivity index (χ2n) is 3.25. The first-order valence-electron chi connectivity index (χ1n) is 4.74. The zero-order valence-electron chi connectivity index (χ0n) is 8.92. The molecule has 1 rings (SSSR count). The molecule has 0 atom stereocenters. The number of hydrogen-bond donors (Lipinski definition) is 0. The SMILES string of the molecule is CCCOc1c(F)cc([N+](=O)[O-])c(C)c1F. The fourth-order valence-electron chi connectivity index (χ4n) is 1.21. The van der Waals surface area contributed by atoms with Gasteiger partial charge in [0, 0.05) is 0 Å². The maximum absolute atomic E-state index is 13.5. The predicted molar refractivity (Wildman–Crippen MR) is 53.5 cm³/mol. The van der Waals surface area contributed by atoms with Crippen LogP contribution in [0.25, 0.3) is 0 Å². The Bertz CT molecular complexity index is 421. The summed E-state index contributed by atoms with van der Waals surface area (Å²) in [7, 11) is 0. The van der Waals surface area contributed by atoms with Gasteiger partial charge in [-0.15, -0.1) is 0 Å². The monoisotopic (exact) mass is 231 g/mol. The lowest BCUT2D eigenvalue weighted by atomic mass is 10.1. The second kappa shape index (κ2) is 4.87. The minimum Gasteiger partial charge on any atom is -0.488 e. The van der Waals surface area contributed by atoms with E-state index in [1.165, 1.54) is 6.92 Å². The largest absolute Gasteiger partial charge is 0.488 e. The third kappa shape index (κ3) is 2.26. The van der Waals surface area contributed by atoms with Crippen molar-refractivity contribution in [2.45, 2.75) is 20.3 Å². The Balaban J connectivity index is 3.23. The van der Waals surface area contributed by atoms with Crippen LogP contribution in [0.4, 0.5) is 14.5 Å². The number of rotatable bonds is 4. The fourth-order valence-corrected chi connectivity index (χ4v) is 1.21. The highest BCUT2D eigenvalue weighted by Crippen LogP contribution is 2.31. The Morgan fingerprint density at radius 3 is 2.62 bits per heavy atom. The highest BCUT2D eigenvalue weighted by molar-refractivity contribution is 5.46. The minimum absolute atomic E-state index is 0.158. The highest BCUT2D eigenvalue weighted by Gasteiger charge is 2.23. The molecule has 16 heavy (non-hydrogen) atoms. The molecule has 0 saturated carbocycles. The Hall–Kier alpha value is -1.72. The number of nitro groups is 1. The van der Waals surface area contributed by atoms with Gasteiger partial charge in [0.1, 0.15) is 0 Å². The second-order valence-corrected chi connectivity index (χ2v) is 3.25. The maximum atomic E-state index is 13.5. The van der Waals surface area contributed by atoms with E-state index < -0.39 is 28.0 Å². The number of nitrogens with zero attached hydrogens (tertiary/aromatic N) is 1. The maximum Gasteiger partial charge on any atom is 0.278 e. The lowest BCUT2D eigenvalue weighted by Gasteiger charge is -2.08. The summed E-state index contributed by atoms with van der Waals surface area (Å²) in [5.41, 5.74) is -0.809. The highest BCUT2D eigenvalue weighted by atomic mass is 19.1. The molecule has 0 unspecified atom stereocenters. The van der Waals surface area contributed by atoms with Gasteiger partial charge in [0.05, 0.1) is 23.2 Å². The Morgan fingerprint density at radius 2 is 2.12 bits per heavy atom. The number of halogens is 2. The van der Waals surface area contributed by atoms with Gasteiger partial charge in [0.2, 0.25) is 0 Å². The van der Waals surface area contributed by atoms with Crippen LogP contribution in [0.5, 0.6) is 5.75 Å². The van der Waals surface area contributed by atoms with E-state index in [0.29, 0.717) is 12.5 Å². The van der Waals surface area contributed by atoms with Gasteiger partial charge in [0.15, 0.2) is 17.4 Å². The first-order chi connectivity index (χ1) is 7.49. The van der Waals surface area contributed by atoms with Gasteiger partial charge in [-0.1, -0.05) is 6.92 Å². The van der Waals surface area contributed by atoms with Crippen LogP contribution in [0.1, 0.15) is 18.9 Å². The zero-order chi connectivity index (χ0) is 12.3. The van der Waals surface area contributed by atoms with Crippen molar-refractivity contribution < 1.29 is 18.4 Å². The van der Waals surface area contributed by atoms with Crippen molar-refractivity contribution in [2.24, 2.45) is 0 Å². The summed E-state index contributed by atoms with van der Waals surface area (Å²) in [4.78, 5) is 9.65. The van der Waals surface area contributed by atoms with Crippen LogP contribution in [0.2, 0.25) is 0 Å². The molecule has 0 saturated heterocycles. The van der Waals surface area contributed by atoms with E-state index in [0.717, 1.165) is 0 Å². The molecule has 0 radical (unpaired) electrons. The molecular formula is C10H11F2NO3. The molecule has 0 N–H and O–H groups in total. The molecule has 0 bridgehead atoms. The van der Waals surface area contributed by atoms with Gasteiger partial charge < -0.3 is 4.74 Å². The van der Waals surface area contributed by atoms with Crippen LogP contribution in [0, 0.1) is 28.7 Å². The van der Waals surface area contributed by atoms with E-state index in [9.17, 15) is 18.9 Å². The van der Waals surface area contributed by atoms with Crippen molar-refractivity contribution in [3.05, 3.63) is 33.4 Å². The van der Waals surface area contributed by atoms with Crippen molar-refractivity contribution in [3.8, 4) is 5.75 Å². The van der Waals surface area contributed by atoms with Crippen molar-refractivity contribution in [2.75, 3.05) is 6.61 Å². The fraction of sp³-hybridized carbons (Fsp3) is 0.400. The van der Waals surface area contributed by atoms with Crippen LogP contribution in [-0.2, 0) is 0 Å². The topological polar surface area (TPSA) is 52.4 Å². The van der Waals surface area contributed by atoms with Crippen molar-refractivity contribution >= 4 is 5.69 Å². The van der Waals surface area contributed by atoms with Gasteiger partial charge in [-0.25, -0.2) is 8.78 Å². The van der Waals surface area contributed by atoms with Gasteiger partial charge in [-0.2, -0.15) is 0 Å². The molecule has 4 nitrogen and oxygen atoms in total. The van der Waals surface area contributed by atoms with E-state index in [-0.39, 0.29) is 12.2 Å². The number of nitro benzene ring substituents is 1. The molecule has 1 aromatic carbocycles. The molecule has 0 aromatic heterocycles. The standard InChI is InChI=1S/C10H11F2NO3/c1-3-4-16-10-7(11)5-8(13(14)15)6(2)9(10)12/h5H,3-4H2,1-2H3. The van der Waals surface area contributed by atoms with Crippen molar-refractivity contribution in [1.29, 1.82) is 0 Å². The molecule has 0 fully saturated rings. The van der Waals surface area contributed by atoms with E-state index in [4.69, 9.17) is 4.74 Å². The molecule has 0 heterocycles. The molecule has 6 heteroatoms. The summed E-state index contributed by atoms with van der Waals surface area (Å²) in [6, 6.07) is 0.670. The van der Waals surface area contributed by atoms with E-state index in [2.05, 4.69) is 0 Å². The van der Waals surface area contributed by atoms with E-state index >= 15 is 0 Å². The van der Waals surface area contributed by atoms with Crippen molar-refractivity contribution in [3.63, 3.8) is 0 Å². The molecule has 0 aliphatic heterocycles. The predicted octanol–water partition coefficient (Wildman–Crippen LogP) is 2.97. The quantitative estimate of drug-likeness (QED) is 0.591. The Morgan fingerprint density at radius 1 is 1.50 bits per heavy atom. The first-order valence-corrected chi connectivity index (χ1v) is 4.74. The molecule has 0 aliphatic rings. The number of benzene rings is 1. The normalized spacial score (nSPS) is 10.2. The van der Waals surface area contributed by atoms with Crippen LogP contribution in [-0.4, -0.2) is 11.5 Å². The average molecular weight is 231 g/mol. The van der Waals surface area contributed by atoms with Crippen LogP contribution in [0.15, 0.2) is 6.07 Å². The van der Waals surface area contributed by atoms with Crippen molar-refractivity contribution in [1.82, 2.24) is 0 Å². The zero-order valence-corrected chi connectivity index (χ0v) is 8.92. The van der Waals surface area contributed by atoms with Gasteiger partial charge in [-0.3, -0.25) is 10.1 Å². The summed E-state index contributed by atoms with van der Waals surface area (Å²) in [5.74, 6) is -2.62.